The summed E-state index contributed by atoms with van der Waals surface area (Å²) in [6.45, 7) is 0.520. The second kappa shape index (κ2) is 9.36. The molecule has 0 saturated carbocycles. The van der Waals surface area contributed by atoms with Crippen LogP contribution in [0.1, 0.15) is 15.9 Å². The number of anilines is 3. The molecule has 0 bridgehead atoms. The van der Waals surface area contributed by atoms with Gasteiger partial charge in [0.25, 0.3) is 0 Å². The number of methoxy groups -OCH3 is 3. The Morgan fingerprint density at radius 2 is 1.76 bits per heavy atom. The lowest BCUT2D eigenvalue weighted by Crippen LogP contribution is -2.06. The van der Waals surface area contributed by atoms with E-state index in [0.717, 1.165) is 11.3 Å². The molecule has 0 aliphatic heterocycles. The minimum atomic E-state index is -0.393. The Balaban J connectivity index is 1.64. The van der Waals surface area contributed by atoms with Crippen LogP contribution in [0.25, 0.3) is 0 Å². The van der Waals surface area contributed by atoms with Gasteiger partial charge in [0.2, 0.25) is 5.95 Å². The van der Waals surface area contributed by atoms with Crippen molar-refractivity contribution < 1.29 is 19.0 Å². The normalized spacial score (nSPS) is 10.2. The highest BCUT2D eigenvalue weighted by molar-refractivity contribution is 5.89. The van der Waals surface area contributed by atoms with E-state index in [-0.39, 0.29) is 0 Å². The van der Waals surface area contributed by atoms with Crippen LogP contribution in [0.4, 0.5) is 17.5 Å². The van der Waals surface area contributed by atoms with Crippen molar-refractivity contribution in [1.82, 2.24) is 15.2 Å². The van der Waals surface area contributed by atoms with Crippen molar-refractivity contribution in [1.29, 1.82) is 0 Å². The second-order valence-electron chi connectivity index (χ2n) is 5.90. The lowest BCUT2D eigenvalue weighted by atomic mass is 10.2. The average Bonchev–Trinajstić information content (AvgIpc) is 2.77. The van der Waals surface area contributed by atoms with Crippen LogP contribution in [0.5, 0.6) is 11.5 Å². The number of aromatic nitrogens is 3. The Bertz CT molecular complexity index is 979. The molecule has 3 aromatic rings. The topological polar surface area (TPSA) is 107 Å². The standard InChI is InChI=1S/C20H21N5O4/c1-27-16-9-4-13(10-17(16)28-2)11-21-18-12-22-25-20(24-18)23-15-7-5-14(6-8-15)19(26)29-3/h4-10,12H,11H2,1-3H3,(H2,21,23,24,25). The van der Waals surface area contributed by atoms with Crippen molar-refractivity contribution >= 4 is 23.4 Å². The van der Waals surface area contributed by atoms with E-state index >= 15 is 0 Å². The highest BCUT2D eigenvalue weighted by Gasteiger charge is 2.07. The van der Waals surface area contributed by atoms with Gasteiger partial charge in [0, 0.05) is 12.2 Å². The Morgan fingerprint density at radius 1 is 1.00 bits per heavy atom. The van der Waals surface area contributed by atoms with Gasteiger partial charge < -0.3 is 24.8 Å². The van der Waals surface area contributed by atoms with Crippen molar-refractivity contribution in [3.8, 4) is 11.5 Å². The van der Waals surface area contributed by atoms with Gasteiger partial charge >= 0.3 is 5.97 Å². The summed E-state index contributed by atoms with van der Waals surface area (Å²) in [4.78, 5) is 15.9. The molecular formula is C20H21N5O4. The molecule has 0 atom stereocenters. The SMILES string of the molecule is COC(=O)c1ccc(Nc2nncc(NCc3ccc(OC)c(OC)c3)n2)cc1. The molecule has 1 heterocycles. The van der Waals surface area contributed by atoms with Gasteiger partial charge in [0.15, 0.2) is 17.3 Å². The summed E-state index contributed by atoms with van der Waals surface area (Å²) in [6, 6.07) is 12.5. The van der Waals surface area contributed by atoms with Gasteiger partial charge in [-0.05, 0) is 42.0 Å². The molecule has 2 aromatic carbocycles. The van der Waals surface area contributed by atoms with Crippen molar-refractivity contribution in [2.45, 2.75) is 6.54 Å². The third-order valence-electron chi connectivity index (χ3n) is 4.04. The lowest BCUT2D eigenvalue weighted by Gasteiger charge is -2.11. The van der Waals surface area contributed by atoms with Gasteiger partial charge in [-0.1, -0.05) is 6.07 Å². The molecule has 0 fully saturated rings. The van der Waals surface area contributed by atoms with Crippen LogP contribution >= 0.6 is 0 Å². The van der Waals surface area contributed by atoms with Crippen LogP contribution < -0.4 is 20.1 Å². The summed E-state index contributed by atoms with van der Waals surface area (Å²) in [5, 5.41) is 14.2. The van der Waals surface area contributed by atoms with Crippen LogP contribution in [-0.2, 0) is 11.3 Å². The molecule has 0 amide bonds. The predicted octanol–water partition coefficient (Wildman–Crippen LogP) is 3.03. The number of ether oxygens (including phenoxy) is 3. The third kappa shape index (κ3) is 5.10. The van der Waals surface area contributed by atoms with E-state index in [2.05, 4.69) is 30.6 Å². The van der Waals surface area contributed by atoms with E-state index in [1.807, 2.05) is 18.2 Å². The fourth-order valence-corrected chi connectivity index (χ4v) is 2.56. The Morgan fingerprint density at radius 3 is 2.45 bits per heavy atom. The maximum Gasteiger partial charge on any atom is 0.337 e. The van der Waals surface area contributed by atoms with Crippen LogP contribution in [-0.4, -0.2) is 42.5 Å². The smallest absolute Gasteiger partial charge is 0.337 e. The molecule has 0 spiro atoms. The maximum atomic E-state index is 11.5. The van der Waals surface area contributed by atoms with Gasteiger partial charge in [-0.2, -0.15) is 10.1 Å². The molecule has 0 unspecified atom stereocenters. The summed E-state index contributed by atoms with van der Waals surface area (Å²) < 4.78 is 15.2. The van der Waals surface area contributed by atoms with E-state index in [4.69, 9.17) is 9.47 Å². The number of benzene rings is 2. The molecule has 0 radical (unpaired) electrons. The molecular weight excluding hydrogens is 374 g/mol. The molecule has 0 aliphatic rings. The van der Waals surface area contributed by atoms with Crippen LogP contribution in [0.3, 0.4) is 0 Å². The number of hydrogen-bond donors (Lipinski definition) is 2. The largest absolute Gasteiger partial charge is 0.493 e. The number of carbonyl (C=O) groups excluding carboxylic acids is 1. The molecule has 150 valence electrons. The highest BCUT2D eigenvalue weighted by Crippen LogP contribution is 2.27. The van der Waals surface area contributed by atoms with Gasteiger partial charge in [0.1, 0.15) is 0 Å². The predicted molar refractivity (Wildman–Crippen MR) is 108 cm³/mol. The van der Waals surface area contributed by atoms with E-state index in [1.165, 1.54) is 13.3 Å². The van der Waals surface area contributed by atoms with Crippen LogP contribution in [0, 0.1) is 0 Å². The molecule has 29 heavy (non-hydrogen) atoms. The molecule has 0 saturated heterocycles. The van der Waals surface area contributed by atoms with Crippen molar-refractivity contribution in [3.63, 3.8) is 0 Å². The summed E-state index contributed by atoms with van der Waals surface area (Å²) in [6.07, 6.45) is 1.53. The van der Waals surface area contributed by atoms with Gasteiger partial charge in [-0.3, -0.25) is 0 Å². The molecule has 1 aromatic heterocycles. The number of hydrogen-bond acceptors (Lipinski definition) is 9. The number of rotatable bonds is 8. The average molecular weight is 395 g/mol. The summed E-state index contributed by atoms with van der Waals surface area (Å²) in [5.74, 6) is 1.82. The van der Waals surface area contributed by atoms with Gasteiger partial charge in [-0.15, -0.1) is 5.10 Å². The van der Waals surface area contributed by atoms with Crippen molar-refractivity contribution in [2.75, 3.05) is 32.0 Å². The maximum absolute atomic E-state index is 11.5. The highest BCUT2D eigenvalue weighted by atomic mass is 16.5. The molecule has 9 nitrogen and oxygen atoms in total. The number of carbonyl (C=O) groups is 1. The zero-order valence-electron chi connectivity index (χ0n) is 16.3. The lowest BCUT2D eigenvalue weighted by molar-refractivity contribution is 0.0601. The third-order valence-corrected chi connectivity index (χ3v) is 4.04. The minimum absolute atomic E-state index is 0.327. The Labute approximate surface area is 168 Å². The Kier molecular flexibility index (Phi) is 6.41. The first-order chi connectivity index (χ1) is 14.1. The number of nitrogens with one attached hydrogen (secondary N) is 2. The quantitative estimate of drug-likeness (QED) is 0.556. The summed E-state index contributed by atoms with van der Waals surface area (Å²) >= 11 is 0. The van der Waals surface area contributed by atoms with Gasteiger partial charge in [0.05, 0.1) is 33.1 Å². The minimum Gasteiger partial charge on any atom is -0.493 e. The van der Waals surface area contributed by atoms with Crippen molar-refractivity contribution in [3.05, 3.63) is 59.8 Å². The van der Waals surface area contributed by atoms with E-state index < -0.39 is 5.97 Å². The molecule has 3 rings (SSSR count). The first-order valence-corrected chi connectivity index (χ1v) is 8.73. The van der Waals surface area contributed by atoms with E-state index in [9.17, 15) is 4.79 Å². The zero-order chi connectivity index (χ0) is 20.6. The van der Waals surface area contributed by atoms with Gasteiger partial charge in [-0.25, -0.2) is 4.79 Å². The second-order valence-corrected chi connectivity index (χ2v) is 5.90. The fourth-order valence-electron chi connectivity index (χ4n) is 2.56. The summed E-state index contributed by atoms with van der Waals surface area (Å²) in [7, 11) is 4.54. The monoisotopic (exact) mass is 395 g/mol. The molecule has 9 heteroatoms. The summed E-state index contributed by atoms with van der Waals surface area (Å²) in [5.41, 5.74) is 2.17. The van der Waals surface area contributed by atoms with E-state index in [0.29, 0.717) is 35.4 Å². The number of nitrogens with zero attached hydrogens (tertiary/aromatic N) is 3. The number of esters is 1. The first kappa shape index (κ1) is 19.9. The molecule has 2 N–H and O–H groups in total. The van der Waals surface area contributed by atoms with Crippen LogP contribution in [0.2, 0.25) is 0 Å². The molecule has 0 aliphatic carbocycles. The Hall–Kier alpha value is -3.88. The zero-order valence-corrected chi connectivity index (χ0v) is 16.3. The fraction of sp³-hybridized carbons (Fsp3) is 0.200. The first-order valence-electron chi connectivity index (χ1n) is 8.73. The van der Waals surface area contributed by atoms with Crippen LogP contribution in [0.15, 0.2) is 48.7 Å². The van der Waals surface area contributed by atoms with E-state index in [1.54, 1.807) is 38.5 Å². The van der Waals surface area contributed by atoms with Crippen molar-refractivity contribution in [2.24, 2.45) is 0 Å².